The third-order valence-electron chi connectivity index (χ3n) is 4.57. The number of ether oxygens (including phenoxy) is 2. The van der Waals surface area contributed by atoms with E-state index in [1.54, 1.807) is 13.8 Å². The number of carbonyl (C=O) groups is 4. The lowest BCUT2D eigenvalue weighted by atomic mass is 10.1. The first kappa shape index (κ1) is 25.0. The molecule has 0 spiro atoms. The third kappa shape index (κ3) is 6.13. The van der Waals surface area contributed by atoms with E-state index in [0.717, 1.165) is 36.1 Å². The van der Waals surface area contributed by atoms with Crippen LogP contribution >= 0.6 is 11.3 Å². The van der Waals surface area contributed by atoms with Crippen LogP contribution in [0.3, 0.4) is 0 Å². The third-order valence-corrected chi connectivity index (χ3v) is 5.78. The molecule has 0 unspecified atom stereocenters. The fourth-order valence-corrected chi connectivity index (χ4v) is 4.38. The maximum Gasteiger partial charge on any atom is 0.362 e. The number of fused-ring (bicyclic) bond motifs is 1. The molecule has 1 aliphatic carbocycles. The first-order valence-electron chi connectivity index (χ1n) is 10.2. The molecule has 12 heteroatoms. The molecule has 0 aliphatic heterocycles. The van der Waals surface area contributed by atoms with Crippen LogP contribution in [0.15, 0.2) is 10.3 Å². The highest BCUT2D eigenvalue weighted by Crippen LogP contribution is 2.38. The monoisotopic (exact) mass is 466 g/mol. The van der Waals surface area contributed by atoms with Crippen molar-refractivity contribution in [1.82, 2.24) is 5.43 Å². The number of carbonyl (C=O) groups excluding carboxylic acids is 4. The number of hydrogen-bond acceptors (Lipinski definition) is 10. The molecule has 11 nitrogen and oxygen atoms in total. The summed E-state index contributed by atoms with van der Waals surface area (Å²) in [5, 5.41) is 18.1. The lowest BCUT2D eigenvalue weighted by Crippen LogP contribution is -2.34. The molecule has 2 rings (SSSR count). The van der Waals surface area contributed by atoms with Gasteiger partial charge in [-0.15, -0.1) is 11.3 Å². The van der Waals surface area contributed by atoms with Gasteiger partial charge in [0.2, 0.25) is 5.71 Å². The Labute approximate surface area is 188 Å². The van der Waals surface area contributed by atoms with Crippen LogP contribution in [0.1, 0.15) is 60.8 Å². The van der Waals surface area contributed by atoms with Gasteiger partial charge in [-0.25, -0.2) is 15.0 Å². The van der Waals surface area contributed by atoms with Crippen molar-refractivity contribution in [2.45, 2.75) is 52.9 Å². The molecule has 1 aliphatic rings. The van der Waals surface area contributed by atoms with E-state index < -0.39 is 29.5 Å². The minimum atomic E-state index is -1.14. The van der Waals surface area contributed by atoms with Crippen LogP contribution in [0.2, 0.25) is 0 Å². The van der Waals surface area contributed by atoms with E-state index in [4.69, 9.17) is 14.7 Å². The summed E-state index contributed by atoms with van der Waals surface area (Å²) in [4.78, 5) is 49.8. The fraction of sp³-hybridized carbons (Fsp3) is 0.500. The lowest BCUT2D eigenvalue weighted by Gasteiger charge is -2.08. The zero-order valence-corrected chi connectivity index (χ0v) is 19.0. The molecule has 0 saturated carbocycles. The molecule has 174 valence electrons. The minimum absolute atomic E-state index is 0.0491. The summed E-state index contributed by atoms with van der Waals surface area (Å²) < 4.78 is 9.86. The topological polar surface area (TPSA) is 156 Å². The van der Waals surface area contributed by atoms with Crippen molar-refractivity contribution in [3.8, 4) is 0 Å². The Morgan fingerprint density at radius 2 is 1.72 bits per heavy atom. The molecule has 0 saturated heterocycles. The molecule has 0 aromatic carbocycles. The van der Waals surface area contributed by atoms with Gasteiger partial charge in [0.05, 0.1) is 24.5 Å². The highest BCUT2D eigenvalue weighted by Gasteiger charge is 2.28. The maximum absolute atomic E-state index is 12.5. The Morgan fingerprint density at radius 1 is 1.03 bits per heavy atom. The Morgan fingerprint density at radius 3 is 2.38 bits per heavy atom. The second-order valence-electron chi connectivity index (χ2n) is 6.75. The Hall–Kier alpha value is -3.28. The number of anilines is 1. The number of oxime groups is 1. The molecule has 2 amide bonds. The summed E-state index contributed by atoms with van der Waals surface area (Å²) >= 11 is 1.26. The SMILES string of the molecule is CCOC(=O)C(=N\O)/C(C)=N/NC(=O)C(=O)Nc1sc2c(c1C(=O)OCC)CCCCC2. The summed E-state index contributed by atoms with van der Waals surface area (Å²) in [6, 6.07) is 0. The van der Waals surface area contributed by atoms with Crippen LogP contribution in [0.5, 0.6) is 0 Å². The molecular formula is C20H26N4O7S. The van der Waals surface area contributed by atoms with Crippen molar-refractivity contribution >= 4 is 51.5 Å². The smallest absolute Gasteiger partial charge is 0.362 e. The van der Waals surface area contributed by atoms with E-state index in [-0.39, 0.29) is 29.5 Å². The van der Waals surface area contributed by atoms with E-state index in [1.807, 2.05) is 5.43 Å². The predicted octanol–water partition coefficient (Wildman–Crippen LogP) is 2.02. The average Bonchev–Trinajstić information content (AvgIpc) is 2.93. The van der Waals surface area contributed by atoms with E-state index in [2.05, 4.69) is 15.6 Å². The van der Waals surface area contributed by atoms with Gasteiger partial charge in [0.25, 0.3) is 0 Å². The second-order valence-corrected chi connectivity index (χ2v) is 7.86. The fourth-order valence-electron chi connectivity index (χ4n) is 3.11. The van der Waals surface area contributed by atoms with Gasteiger partial charge in [-0.1, -0.05) is 11.6 Å². The van der Waals surface area contributed by atoms with Gasteiger partial charge in [0, 0.05) is 4.88 Å². The molecule has 0 fully saturated rings. The molecule has 1 aromatic heterocycles. The molecule has 0 radical (unpaired) electrons. The van der Waals surface area contributed by atoms with E-state index in [0.29, 0.717) is 6.42 Å². The number of amides is 2. The van der Waals surface area contributed by atoms with E-state index in [1.165, 1.54) is 18.3 Å². The standard InChI is InChI=1S/C20H26N4O7S/c1-4-30-19(27)14-12-9-7-6-8-10-13(12)32-18(14)21-16(25)17(26)23-22-11(3)15(24-29)20(28)31-5-2/h29H,4-10H2,1-3H3,(H,21,25)(H,23,26)/b22-11+,24-15-. The quantitative estimate of drug-likeness (QED) is 0.139. The summed E-state index contributed by atoms with van der Waals surface area (Å²) in [6.45, 7) is 4.78. The van der Waals surface area contributed by atoms with Gasteiger partial charge >= 0.3 is 23.8 Å². The van der Waals surface area contributed by atoms with E-state index in [9.17, 15) is 19.2 Å². The van der Waals surface area contributed by atoms with Crippen LogP contribution in [-0.4, -0.2) is 53.6 Å². The van der Waals surface area contributed by atoms with Crippen molar-refractivity contribution in [3.63, 3.8) is 0 Å². The normalized spacial score (nSPS) is 14.1. The van der Waals surface area contributed by atoms with Gasteiger partial charge in [-0.2, -0.15) is 5.10 Å². The van der Waals surface area contributed by atoms with Gasteiger partial charge in [-0.3, -0.25) is 9.59 Å². The van der Waals surface area contributed by atoms with Crippen LogP contribution in [0, 0.1) is 0 Å². The number of thiophene rings is 1. The Kier molecular flexibility index (Phi) is 9.32. The molecule has 1 aromatic rings. The van der Waals surface area contributed by atoms with E-state index >= 15 is 0 Å². The predicted molar refractivity (Wildman–Crippen MR) is 117 cm³/mol. The summed E-state index contributed by atoms with van der Waals surface area (Å²) in [5.74, 6) is -3.67. The van der Waals surface area contributed by atoms with Crippen LogP contribution < -0.4 is 10.7 Å². The highest BCUT2D eigenvalue weighted by atomic mass is 32.1. The number of nitrogens with one attached hydrogen (secondary N) is 2. The number of hydrazone groups is 1. The molecular weight excluding hydrogens is 440 g/mol. The van der Waals surface area contributed by atoms with Crippen molar-refractivity contribution in [2.24, 2.45) is 10.3 Å². The molecule has 1 heterocycles. The van der Waals surface area contributed by atoms with Gasteiger partial charge in [-0.05, 0) is 52.0 Å². The Bertz CT molecular complexity index is 952. The van der Waals surface area contributed by atoms with Gasteiger partial charge < -0.3 is 20.0 Å². The number of hydrogen-bond donors (Lipinski definition) is 3. The first-order valence-corrected chi connectivity index (χ1v) is 11.0. The lowest BCUT2D eigenvalue weighted by molar-refractivity contribution is -0.136. The van der Waals surface area contributed by atoms with Gasteiger partial charge in [0.15, 0.2) is 0 Å². The van der Waals surface area contributed by atoms with Crippen LogP contribution in [-0.2, 0) is 36.7 Å². The zero-order chi connectivity index (χ0) is 23.7. The summed E-state index contributed by atoms with van der Waals surface area (Å²) in [6.07, 6.45) is 4.44. The molecule has 3 N–H and O–H groups in total. The van der Waals surface area contributed by atoms with Crippen LogP contribution in [0.4, 0.5) is 5.00 Å². The average molecular weight is 467 g/mol. The summed E-state index contributed by atoms with van der Waals surface area (Å²) in [7, 11) is 0. The van der Waals surface area contributed by atoms with Crippen molar-refractivity contribution in [1.29, 1.82) is 0 Å². The summed E-state index contributed by atoms with van der Waals surface area (Å²) in [5.41, 5.74) is 2.45. The van der Waals surface area contributed by atoms with Crippen LogP contribution in [0.25, 0.3) is 0 Å². The molecule has 0 bridgehead atoms. The maximum atomic E-state index is 12.5. The molecule has 0 atom stereocenters. The second kappa shape index (κ2) is 11.9. The first-order chi connectivity index (χ1) is 15.3. The highest BCUT2D eigenvalue weighted by molar-refractivity contribution is 7.17. The number of aryl methyl sites for hydroxylation is 1. The largest absolute Gasteiger partial charge is 0.462 e. The van der Waals surface area contributed by atoms with Crippen molar-refractivity contribution < 1.29 is 33.9 Å². The zero-order valence-electron chi connectivity index (χ0n) is 18.1. The van der Waals surface area contributed by atoms with Crippen molar-refractivity contribution in [2.75, 3.05) is 18.5 Å². The number of esters is 2. The number of rotatable bonds is 7. The molecule has 32 heavy (non-hydrogen) atoms. The Balaban J connectivity index is 2.17. The van der Waals surface area contributed by atoms with Gasteiger partial charge in [0.1, 0.15) is 5.00 Å². The minimum Gasteiger partial charge on any atom is -0.462 e. The number of nitrogens with zero attached hydrogens (tertiary/aromatic N) is 2. The van der Waals surface area contributed by atoms with Crippen molar-refractivity contribution in [3.05, 3.63) is 16.0 Å².